The lowest BCUT2D eigenvalue weighted by atomic mass is 10.0. The van der Waals surface area contributed by atoms with E-state index in [1.165, 1.54) is 0 Å². The first-order valence-corrected chi connectivity index (χ1v) is 6.65. The summed E-state index contributed by atoms with van der Waals surface area (Å²) in [6.45, 7) is 7.77. The van der Waals surface area contributed by atoms with Gasteiger partial charge in [-0.2, -0.15) is 0 Å². The summed E-state index contributed by atoms with van der Waals surface area (Å²) < 4.78 is 5.07. The topological polar surface area (TPSA) is 41.6 Å². The highest BCUT2D eigenvalue weighted by molar-refractivity contribution is 5.84. The fourth-order valence-electron chi connectivity index (χ4n) is 2.36. The van der Waals surface area contributed by atoms with Crippen LogP contribution in [0.1, 0.15) is 40.0 Å². The van der Waals surface area contributed by atoms with Crippen molar-refractivity contribution in [3.8, 4) is 0 Å². The number of carbonyl (C=O) groups is 1. The van der Waals surface area contributed by atoms with Crippen LogP contribution in [0.2, 0.25) is 0 Å². The van der Waals surface area contributed by atoms with Gasteiger partial charge in [0, 0.05) is 13.7 Å². The van der Waals surface area contributed by atoms with Crippen LogP contribution in [0.5, 0.6) is 0 Å². The number of hydrogen-bond donors (Lipinski definition) is 1. The second kappa shape index (κ2) is 6.97. The van der Waals surface area contributed by atoms with Crippen LogP contribution in [0.25, 0.3) is 0 Å². The number of rotatable bonds is 7. The Morgan fingerprint density at radius 3 is 2.71 bits per heavy atom. The number of ether oxygens (including phenoxy) is 1. The van der Waals surface area contributed by atoms with E-state index in [0.29, 0.717) is 19.1 Å². The maximum absolute atomic E-state index is 12.2. The second-order valence-electron chi connectivity index (χ2n) is 5.18. The van der Waals surface area contributed by atoms with E-state index in [0.717, 1.165) is 19.3 Å². The van der Waals surface area contributed by atoms with E-state index in [1.54, 1.807) is 7.11 Å². The Hall–Kier alpha value is -0.610. The molecule has 0 radical (unpaired) electrons. The van der Waals surface area contributed by atoms with E-state index >= 15 is 0 Å². The first-order valence-electron chi connectivity index (χ1n) is 6.65. The molecule has 0 bridgehead atoms. The fourth-order valence-corrected chi connectivity index (χ4v) is 2.36. The van der Waals surface area contributed by atoms with Crippen LogP contribution in [0, 0.1) is 5.92 Å². The first kappa shape index (κ1) is 14.5. The molecule has 1 rings (SSSR count). The van der Waals surface area contributed by atoms with Gasteiger partial charge >= 0.3 is 0 Å². The zero-order chi connectivity index (χ0) is 12.8. The van der Waals surface area contributed by atoms with Gasteiger partial charge in [0.1, 0.15) is 0 Å². The Morgan fingerprint density at radius 1 is 1.47 bits per heavy atom. The molecule has 0 spiro atoms. The third-order valence-electron chi connectivity index (χ3n) is 3.16. The van der Waals surface area contributed by atoms with Crippen LogP contribution in [0.15, 0.2) is 0 Å². The van der Waals surface area contributed by atoms with Crippen LogP contribution in [0.4, 0.5) is 0 Å². The number of hydrogen-bond acceptors (Lipinski definition) is 3. The Morgan fingerprint density at radius 2 is 2.18 bits per heavy atom. The molecule has 17 heavy (non-hydrogen) atoms. The first-order chi connectivity index (χ1) is 8.10. The SMILES string of the molecule is CCCC1NC(CC(C)C)C(=O)N1CCOC. The molecular weight excluding hydrogens is 216 g/mol. The van der Waals surface area contributed by atoms with Gasteiger partial charge in [-0.3, -0.25) is 10.1 Å². The highest BCUT2D eigenvalue weighted by Crippen LogP contribution is 2.19. The lowest BCUT2D eigenvalue weighted by molar-refractivity contribution is -0.131. The van der Waals surface area contributed by atoms with E-state index < -0.39 is 0 Å². The van der Waals surface area contributed by atoms with E-state index in [9.17, 15) is 4.79 Å². The quantitative estimate of drug-likeness (QED) is 0.737. The van der Waals surface area contributed by atoms with Crippen LogP contribution < -0.4 is 5.32 Å². The van der Waals surface area contributed by atoms with Gasteiger partial charge < -0.3 is 9.64 Å². The number of carbonyl (C=O) groups excluding carboxylic acids is 1. The predicted molar refractivity (Wildman–Crippen MR) is 68.7 cm³/mol. The Kier molecular flexibility index (Phi) is 5.92. The normalized spacial score (nSPS) is 25.0. The van der Waals surface area contributed by atoms with Crippen molar-refractivity contribution < 1.29 is 9.53 Å². The summed E-state index contributed by atoms with van der Waals surface area (Å²) in [6.07, 6.45) is 3.22. The fraction of sp³-hybridized carbons (Fsp3) is 0.923. The van der Waals surface area contributed by atoms with E-state index in [-0.39, 0.29) is 18.1 Å². The van der Waals surface area contributed by atoms with Crippen molar-refractivity contribution in [2.75, 3.05) is 20.3 Å². The van der Waals surface area contributed by atoms with Gasteiger partial charge in [0.25, 0.3) is 0 Å². The average Bonchev–Trinajstić information content (AvgIpc) is 2.53. The Labute approximate surface area is 105 Å². The molecule has 1 N–H and O–H groups in total. The van der Waals surface area contributed by atoms with Crippen LogP contribution in [-0.4, -0.2) is 43.3 Å². The predicted octanol–water partition coefficient (Wildman–Crippen LogP) is 1.61. The zero-order valence-electron chi connectivity index (χ0n) is 11.5. The molecule has 2 unspecified atom stereocenters. The van der Waals surface area contributed by atoms with Crippen molar-refractivity contribution in [3.63, 3.8) is 0 Å². The van der Waals surface area contributed by atoms with E-state index in [4.69, 9.17) is 4.74 Å². The monoisotopic (exact) mass is 242 g/mol. The summed E-state index contributed by atoms with van der Waals surface area (Å²) in [5, 5.41) is 3.45. The molecule has 0 aliphatic carbocycles. The summed E-state index contributed by atoms with van der Waals surface area (Å²) in [5.41, 5.74) is 0. The summed E-state index contributed by atoms with van der Waals surface area (Å²) in [6, 6.07) is 0.00315. The van der Waals surface area contributed by atoms with Crippen LogP contribution in [0.3, 0.4) is 0 Å². The Balaban J connectivity index is 2.60. The van der Waals surface area contributed by atoms with Gasteiger partial charge in [0.15, 0.2) is 0 Å². The van der Waals surface area contributed by atoms with Gasteiger partial charge in [-0.05, 0) is 18.8 Å². The molecule has 4 nitrogen and oxygen atoms in total. The van der Waals surface area contributed by atoms with Gasteiger partial charge in [0.05, 0.1) is 18.8 Å². The highest BCUT2D eigenvalue weighted by Gasteiger charge is 2.37. The highest BCUT2D eigenvalue weighted by atomic mass is 16.5. The molecule has 100 valence electrons. The lowest BCUT2D eigenvalue weighted by Crippen LogP contribution is -2.39. The molecule has 2 atom stereocenters. The third-order valence-corrected chi connectivity index (χ3v) is 3.16. The molecule has 1 aliphatic rings. The average molecular weight is 242 g/mol. The maximum atomic E-state index is 12.2. The van der Waals surface area contributed by atoms with Crippen LogP contribution in [-0.2, 0) is 9.53 Å². The van der Waals surface area contributed by atoms with Gasteiger partial charge in [-0.1, -0.05) is 27.2 Å². The van der Waals surface area contributed by atoms with Gasteiger partial charge in [-0.25, -0.2) is 0 Å². The Bertz CT molecular complexity index is 244. The van der Waals surface area contributed by atoms with Crippen molar-refractivity contribution in [2.24, 2.45) is 5.92 Å². The molecule has 0 aromatic carbocycles. The van der Waals surface area contributed by atoms with Crippen molar-refractivity contribution in [1.82, 2.24) is 10.2 Å². The molecule has 0 saturated carbocycles. The smallest absolute Gasteiger partial charge is 0.241 e. The van der Waals surface area contributed by atoms with Gasteiger partial charge in [0.2, 0.25) is 5.91 Å². The largest absolute Gasteiger partial charge is 0.383 e. The second-order valence-corrected chi connectivity index (χ2v) is 5.18. The summed E-state index contributed by atoms with van der Waals surface area (Å²) in [4.78, 5) is 14.2. The molecule has 1 amide bonds. The van der Waals surface area contributed by atoms with Crippen molar-refractivity contribution >= 4 is 5.91 Å². The molecule has 0 aromatic rings. The minimum absolute atomic E-state index is 0.00315. The number of methoxy groups -OCH3 is 1. The summed E-state index contributed by atoms with van der Waals surface area (Å²) in [7, 11) is 1.68. The summed E-state index contributed by atoms with van der Waals surface area (Å²) in [5.74, 6) is 0.787. The standard InChI is InChI=1S/C13H26N2O2/c1-5-6-12-14-11(9-10(2)3)13(16)15(12)7-8-17-4/h10-12,14H,5-9H2,1-4H3. The minimum Gasteiger partial charge on any atom is -0.383 e. The number of nitrogens with zero attached hydrogens (tertiary/aromatic N) is 1. The number of amides is 1. The van der Waals surface area contributed by atoms with Crippen LogP contribution >= 0.6 is 0 Å². The zero-order valence-corrected chi connectivity index (χ0v) is 11.5. The minimum atomic E-state index is 0.00315. The maximum Gasteiger partial charge on any atom is 0.241 e. The van der Waals surface area contributed by atoms with Gasteiger partial charge in [-0.15, -0.1) is 0 Å². The molecular formula is C13H26N2O2. The molecule has 1 heterocycles. The summed E-state index contributed by atoms with van der Waals surface area (Å²) >= 11 is 0. The molecule has 1 fully saturated rings. The van der Waals surface area contributed by atoms with Crippen molar-refractivity contribution in [3.05, 3.63) is 0 Å². The molecule has 0 aromatic heterocycles. The molecule has 1 aliphatic heterocycles. The van der Waals surface area contributed by atoms with E-state index in [2.05, 4.69) is 26.1 Å². The number of nitrogens with one attached hydrogen (secondary N) is 1. The third kappa shape index (κ3) is 3.96. The van der Waals surface area contributed by atoms with Crippen molar-refractivity contribution in [2.45, 2.75) is 52.2 Å². The lowest BCUT2D eigenvalue weighted by Gasteiger charge is -2.23. The van der Waals surface area contributed by atoms with E-state index in [1.807, 2.05) is 4.90 Å². The molecule has 4 heteroatoms. The molecule has 1 saturated heterocycles. The van der Waals surface area contributed by atoms with Crippen molar-refractivity contribution in [1.29, 1.82) is 0 Å².